The van der Waals surface area contributed by atoms with Crippen molar-refractivity contribution >= 4 is 17.7 Å². The van der Waals surface area contributed by atoms with Gasteiger partial charge in [0.1, 0.15) is 6.04 Å². The Balaban J connectivity index is 1.69. The third kappa shape index (κ3) is 6.42. The van der Waals surface area contributed by atoms with Gasteiger partial charge in [-0.3, -0.25) is 14.4 Å². The van der Waals surface area contributed by atoms with Crippen LogP contribution in [-0.2, 0) is 9.53 Å². The summed E-state index contributed by atoms with van der Waals surface area (Å²) in [6, 6.07) is 14.2. The van der Waals surface area contributed by atoms with E-state index in [1.54, 1.807) is 13.2 Å². The normalized spacial score (nSPS) is 15.1. The minimum atomic E-state index is -0.676. The molecule has 2 aromatic carbocycles. The second-order valence-corrected chi connectivity index (χ2v) is 8.55. The summed E-state index contributed by atoms with van der Waals surface area (Å²) in [6.45, 7) is 5.69. The van der Waals surface area contributed by atoms with Crippen molar-refractivity contribution in [2.75, 3.05) is 33.4 Å². The van der Waals surface area contributed by atoms with Gasteiger partial charge < -0.3 is 20.3 Å². The number of ether oxygens (including phenoxy) is 1. The number of nitrogens with zero attached hydrogens (tertiary/aromatic N) is 1. The van der Waals surface area contributed by atoms with Crippen LogP contribution in [0.25, 0.3) is 0 Å². The van der Waals surface area contributed by atoms with Gasteiger partial charge in [0, 0.05) is 37.9 Å². The largest absolute Gasteiger partial charge is 0.383 e. The smallest absolute Gasteiger partial charge is 0.253 e. The number of piperidine rings is 1. The monoisotopic (exact) mass is 451 g/mol. The van der Waals surface area contributed by atoms with Crippen molar-refractivity contribution in [3.63, 3.8) is 0 Å². The fourth-order valence-corrected chi connectivity index (χ4v) is 4.23. The van der Waals surface area contributed by atoms with Crippen LogP contribution in [0.4, 0.5) is 0 Å². The SMILES string of the molecule is COCCNC(=O)[C@@H](NC(=O)c1ccccc1C)C1CCN(C(=O)c2cccc(C)c2)CC1. The van der Waals surface area contributed by atoms with Crippen molar-refractivity contribution in [3.05, 3.63) is 70.8 Å². The van der Waals surface area contributed by atoms with E-state index in [1.807, 2.05) is 61.2 Å². The Bertz CT molecular complexity index is 983. The van der Waals surface area contributed by atoms with Crippen molar-refractivity contribution in [1.82, 2.24) is 15.5 Å². The van der Waals surface area contributed by atoms with E-state index in [2.05, 4.69) is 10.6 Å². The lowest BCUT2D eigenvalue weighted by Crippen LogP contribution is -2.54. The van der Waals surface area contributed by atoms with Crippen molar-refractivity contribution in [3.8, 4) is 0 Å². The molecule has 1 atom stereocenters. The van der Waals surface area contributed by atoms with Gasteiger partial charge in [0.05, 0.1) is 6.61 Å². The van der Waals surface area contributed by atoms with Crippen molar-refractivity contribution < 1.29 is 19.1 Å². The molecular weight excluding hydrogens is 418 g/mol. The van der Waals surface area contributed by atoms with E-state index in [1.165, 1.54) is 0 Å². The molecule has 7 nitrogen and oxygen atoms in total. The number of likely N-dealkylation sites (tertiary alicyclic amines) is 1. The fourth-order valence-electron chi connectivity index (χ4n) is 4.23. The molecule has 7 heteroatoms. The lowest BCUT2D eigenvalue weighted by Gasteiger charge is -2.36. The molecule has 2 N–H and O–H groups in total. The van der Waals surface area contributed by atoms with Crippen LogP contribution in [0.15, 0.2) is 48.5 Å². The number of hydrogen-bond acceptors (Lipinski definition) is 4. The Kier molecular flexibility index (Phi) is 8.60. The minimum absolute atomic E-state index is 0.00203. The Morgan fingerprint density at radius 2 is 1.79 bits per heavy atom. The summed E-state index contributed by atoms with van der Waals surface area (Å²) in [7, 11) is 1.57. The number of methoxy groups -OCH3 is 1. The summed E-state index contributed by atoms with van der Waals surface area (Å²) < 4.78 is 5.03. The third-order valence-electron chi connectivity index (χ3n) is 6.13. The highest BCUT2D eigenvalue weighted by atomic mass is 16.5. The molecule has 0 saturated carbocycles. The third-order valence-corrected chi connectivity index (χ3v) is 6.13. The zero-order chi connectivity index (χ0) is 23.8. The summed E-state index contributed by atoms with van der Waals surface area (Å²) in [4.78, 5) is 40.7. The van der Waals surface area contributed by atoms with Crippen molar-refractivity contribution in [1.29, 1.82) is 0 Å². The van der Waals surface area contributed by atoms with Gasteiger partial charge in [0.2, 0.25) is 5.91 Å². The second kappa shape index (κ2) is 11.6. The topological polar surface area (TPSA) is 87.7 Å². The fraction of sp³-hybridized carbons (Fsp3) is 0.423. The Hall–Kier alpha value is -3.19. The average molecular weight is 452 g/mol. The zero-order valence-corrected chi connectivity index (χ0v) is 19.6. The molecule has 3 amide bonds. The first-order valence-electron chi connectivity index (χ1n) is 11.4. The molecule has 0 unspecified atom stereocenters. The molecule has 1 aliphatic rings. The first-order chi connectivity index (χ1) is 15.9. The zero-order valence-electron chi connectivity index (χ0n) is 19.6. The molecule has 0 bridgehead atoms. The van der Waals surface area contributed by atoms with Crippen LogP contribution in [0.1, 0.15) is 44.7 Å². The van der Waals surface area contributed by atoms with Gasteiger partial charge in [-0.25, -0.2) is 0 Å². The molecule has 2 aromatic rings. The van der Waals surface area contributed by atoms with E-state index in [0.29, 0.717) is 50.2 Å². The molecule has 1 aliphatic heterocycles. The second-order valence-electron chi connectivity index (χ2n) is 8.55. The highest BCUT2D eigenvalue weighted by molar-refractivity contribution is 5.98. The van der Waals surface area contributed by atoms with Gasteiger partial charge in [-0.2, -0.15) is 0 Å². The molecular formula is C26H33N3O4. The Morgan fingerprint density at radius 3 is 2.45 bits per heavy atom. The Morgan fingerprint density at radius 1 is 1.06 bits per heavy atom. The number of rotatable bonds is 8. The van der Waals surface area contributed by atoms with Crippen LogP contribution in [0.2, 0.25) is 0 Å². The molecule has 0 aromatic heterocycles. The van der Waals surface area contributed by atoms with Crippen molar-refractivity contribution in [2.45, 2.75) is 32.7 Å². The van der Waals surface area contributed by atoms with Crippen molar-refractivity contribution in [2.24, 2.45) is 5.92 Å². The number of hydrogen-bond donors (Lipinski definition) is 2. The predicted molar refractivity (Wildman–Crippen MR) is 127 cm³/mol. The quantitative estimate of drug-likeness (QED) is 0.604. The molecule has 0 radical (unpaired) electrons. The number of nitrogens with one attached hydrogen (secondary N) is 2. The number of benzene rings is 2. The highest BCUT2D eigenvalue weighted by Gasteiger charge is 2.34. The van der Waals surface area contributed by atoms with E-state index >= 15 is 0 Å². The van der Waals surface area contributed by atoms with Gasteiger partial charge in [-0.05, 0) is 56.4 Å². The number of amides is 3. The van der Waals surface area contributed by atoms with E-state index in [9.17, 15) is 14.4 Å². The van der Waals surface area contributed by atoms with Gasteiger partial charge in [-0.1, -0.05) is 35.9 Å². The lowest BCUT2D eigenvalue weighted by molar-refractivity contribution is -0.124. The predicted octanol–water partition coefficient (Wildman–Crippen LogP) is 2.72. The first-order valence-corrected chi connectivity index (χ1v) is 11.4. The molecule has 0 aliphatic carbocycles. The van der Waals surface area contributed by atoms with E-state index in [0.717, 1.165) is 11.1 Å². The molecule has 176 valence electrons. The summed E-state index contributed by atoms with van der Waals surface area (Å²) >= 11 is 0. The van der Waals surface area contributed by atoms with Gasteiger partial charge in [-0.15, -0.1) is 0 Å². The maximum absolute atomic E-state index is 13.0. The molecule has 0 spiro atoms. The summed E-state index contributed by atoms with van der Waals surface area (Å²) in [6.07, 6.45) is 1.27. The number of carbonyl (C=O) groups excluding carboxylic acids is 3. The maximum Gasteiger partial charge on any atom is 0.253 e. The van der Waals surface area contributed by atoms with Crippen LogP contribution in [0.3, 0.4) is 0 Å². The van der Waals surface area contributed by atoms with Gasteiger partial charge in [0.25, 0.3) is 11.8 Å². The van der Waals surface area contributed by atoms with Crippen LogP contribution in [0, 0.1) is 19.8 Å². The van der Waals surface area contributed by atoms with Crippen LogP contribution >= 0.6 is 0 Å². The minimum Gasteiger partial charge on any atom is -0.383 e. The summed E-state index contributed by atoms with van der Waals surface area (Å²) in [5.74, 6) is -0.556. The standard InChI is InChI=1S/C26H33N3O4/c1-18-7-6-9-21(17-18)26(32)29-14-11-20(12-15-29)23(25(31)27-13-16-33-3)28-24(30)22-10-5-4-8-19(22)2/h4-10,17,20,23H,11-16H2,1-3H3,(H,27,31)(H,28,30)/t23-/m0/s1. The summed E-state index contributed by atoms with van der Waals surface area (Å²) in [5.41, 5.74) is 3.13. The van der Waals surface area contributed by atoms with E-state index in [4.69, 9.17) is 4.74 Å². The average Bonchev–Trinajstić information content (AvgIpc) is 2.82. The van der Waals surface area contributed by atoms with E-state index < -0.39 is 6.04 Å². The molecule has 3 rings (SSSR count). The van der Waals surface area contributed by atoms with Crippen LogP contribution in [0.5, 0.6) is 0 Å². The lowest BCUT2D eigenvalue weighted by atomic mass is 9.88. The number of carbonyl (C=O) groups is 3. The Labute approximate surface area is 195 Å². The molecule has 1 saturated heterocycles. The molecule has 1 fully saturated rings. The highest BCUT2D eigenvalue weighted by Crippen LogP contribution is 2.23. The van der Waals surface area contributed by atoms with E-state index in [-0.39, 0.29) is 23.6 Å². The van der Waals surface area contributed by atoms with Gasteiger partial charge >= 0.3 is 0 Å². The van der Waals surface area contributed by atoms with Crippen LogP contribution in [-0.4, -0.2) is 62.0 Å². The first kappa shape index (κ1) is 24.5. The molecule has 1 heterocycles. The van der Waals surface area contributed by atoms with Crippen LogP contribution < -0.4 is 10.6 Å². The number of aryl methyl sites for hydroxylation is 2. The molecule has 33 heavy (non-hydrogen) atoms. The maximum atomic E-state index is 13.0. The summed E-state index contributed by atoms with van der Waals surface area (Å²) in [5, 5.41) is 5.82. The van der Waals surface area contributed by atoms with Gasteiger partial charge in [0.15, 0.2) is 0 Å².